The van der Waals surface area contributed by atoms with Crippen LogP contribution in [-0.2, 0) is 12.0 Å². The van der Waals surface area contributed by atoms with Crippen LogP contribution in [0.25, 0.3) is 0 Å². The number of hydrogen-bond acceptors (Lipinski definition) is 1. The second-order valence-electron chi connectivity index (χ2n) is 4.75. The van der Waals surface area contributed by atoms with E-state index < -0.39 is 5.60 Å². The van der Waals surface area contributed by atoms with Gasteiger partial charge < -0.3 is 5.11 Å². The first-order valence-corrected chi connectivity index (χ1v) is 5.92. The Kier molecular flexibility index (Phi) is 3.30. The molecule has 1 N–H and O–H groups in total. The number of aliphatic hydroxyl groups is 1. The second-order valence-corrected chi connectivity index (χ2v) is 4.75. The van der Waals surface area contributed by atoms with Crippen molar-refractivity contribution in [1.82, 2.24) is 0 Å². The average molecular weight is 226 g/mol. The van der Waals surface area contributed by atoms with Crippen molar-refractivity contribution in [3.05, 3.63) is 71.3 Å². The maximum absolute atomic E-state index is 10.6. The number of hydrogen-bond donors (Lipinski definition) is 1. The predicted molar refractivity (Wildman–Crippen MR) is 70.9 cm³/mol. The Hall–Kier alpha value is -1.60. The summed E-state index contributed by atoms with van der Waals surface area (Å²) in [6.07, 6.45) is 0.638. The molecule has 1 unspecified atom stereocenters. The summed E-state index contributed by atoms with van der Waals surface area (Å²) in [4.78, 5) is 0. The number of benzene rings is 2. The normalized spacial score (nSPS) is 14.3. The van der Waals surface area contributed by atoms with Gasteiger partial charge in [0.15, 0.2) is 0 Å². The molecule has 0 heterocycles. The van der Waals surface area contributed by atoms with Crippen molar-refractivity contribution in [3.63, 3.8) is 0 Å². The molecule has 2 aromatic rings. The fourth-order valence-corrected chi connectivity index (χ4v) is 2.27. The van der Waals surface area contributed by atoms with Gasteiger partial charge in [-0.15, -0.1) is 0 Å². The third-order valence-corrected chi connectivity index (χ3v) is 3.12. The molecule has 0 bridgehead atoms. The largest absolute Gasteiger partial charge is 0.385 e. The first kappa shape index (κ1) is 11.9. The van der Waals surface area contributed by atoms with E-state index in [1.807, 2.05) is 68.4 Å². The van der Waals surface area contributed by atoms with Gasteiger partial charge in [0.05, 0.1) is 5.60 Å². The molecular formula is C16H18O. The molecule has 0 aliphatic carbocycles. The minimum atomic E-state index is -0.813. The summed E-state index contributed by atoms with van der Waals surface area (Å²) in [6.45, 7) is 3.91. The van der Waals surface area contributed by atoms with Crippen molar-refractivity contribution in [1.29, 1.82) is 0 Å². The van der Waals surface area contributed by atoms with E-state index in [4.69, 9.17) is 0 Å². The van der Waals surface area contributed by atoms with E-state index in [1.165, 1.54) is 0 Å². The molecule has 0 saturated carbocycles. The van der Waals surface area contributed by atoms with Crippen LogP contribution in [0.5, 0.6) is 0 Å². The lowest BCUT2D eigenvalue weighted by Gasteiger charge is -2.25. The van der Waals surface area contributed by atoms with Gasteiger partial charge in [0.2, 0.25) is 0 Å². The van der Waals surface area contributed by atoms with Crippen LogP contribution in [0.2, 0.25) is 0 Å². The van der Waals surface area contributed by atoms with Crippen LogP contribution in [0.4, 0.5) is 0 Å². The van der Waals surface area contributed by atoms with Crippen molar-refractivity contribution in [3.8, 4) is 0 Å². The highest BCUT2D eigenvalue weighted by molar-refractivity contribution is 5.32. The summed E-state index contributed by atoms with van der Waals surface area (Å²) in [7, 11) is 0. The molecule has 0 fully saturated rings. The van der Waals surface area contributed by atoms with Gasteiger partial charge in [0.25, 0.3) is 0 Å². The molecule has 1 atom stereocenters. The summed E-state index contributed by atoms with van der Waals surface area (Å²) in [5.74, 6) is 0. The monoisotopic (exact) mass is 226 g/mol. The van der Waals surface area contributed by atoms with E-state index in [0.29, 0.717) is 6.42 Å². The zero-order valence-corrected chi connectivity index (χ0v) is 10.4. The van der Waals surface area contributed by atoms with E-state index >= 15 is 0 Å². The highest BCUT2D eigenvalue weighted by Gasteiger charge is 2.24. The summed E-state index contributed by atoms with van der Waals surface area (Å²) < 4.78 is 0. The molecule has 0 aliphatic heterocycles. The third kappa shape index (κ3) is 2.75. The molecular weight excluding hydrogens is 208 g/mol. The lowest BCUT2D eigenvalue weighted by atomic mass is 9.86. The molecule has 88 valence electrons. The fraction of sp³-hybridized carbons (Fsp3) is 0.250. The van der Waals surface area contributed by atoms with Gasteiger partial charge in [-0.1, -0.05) is 54.6 Å². The molecule has 2 rings (SSSR count). The molecule has 2 aromatic carbocycles. The summed E-state index contributed by atoms with van der Waals surface area (Å²) >= 11 is 0. The van der Waals surface area contributed by atoms with Crippen molar-refractivity contribution < 1.29 is 5.11 Å². The van der Waals surface area contributed by atoms with Crippen molar-refractivity contribution in [2.45, 2.75) is 25.9 Å². The molecule has 0 spiro atoms. The Bertz CT molecular complexity index is 486. The third-order valence-electron chi connectivity index (χ3n) is 3.12. The zero-order chi connectivity index (χ0) is 12.3. The van der Waals surface area contributed by atoms with Crippen LogP contribution >= 0.6 is 0 Å². The fourth-order valence-electron chi connectivity index (χ4n) is 2.27. The average Bonchev–Trinajstić information content (AvgIpc) is 2.30. The van der Waals surface area contributed by atoms with Gasteiger partial charge in [-0.05, 0) is 30.5 Å². The molecule has 17 heavy (non-hydrogen) atoms. The Balaban J connectivity index is 2.28. The maximum Gasteiger partial charge on any atom is 0.0911 e. The van der Waals surface area contributed by atoms with Crippen LogP contribution in [-0.4, -0.2) is 5.11 Å². The summed E-state index contributed by atoms with van der Waals surface area (Å²) in [5.41, 5.74) is 2.48. The van der Waals surface area contributed by atoms with E-state index in [9.17, 15) is 5.11 Å². The minimum Gasteiger partial charge on any atom is -0.385 e. The Morgan fingerprint density at radius 2 is 1.53 bits per heavy atom. The second kappa shape index (κ2) is 4.72. The van der Waals surface area contributed by atoms with Gasteiger partial charge in [0, 0.05) is 6.42 Å². The van der Waals surface area contributed by atoms with Crippen LogP contribution < -0.4 is 0 Å². The standard InChI is InChI=1S/C16H18O/c1-13-8-6-7-11-15(13)16(2,17)12-14-9-4-3-5-10-14/h3-11,17H,12H2,1-2H3. The molecule has 0 aromatic heterocycles. The van der Waals surface area contributed by atoms with Gasteiger partial charge in [-0.3, -0.25) is 0 Å². The van der Waals surface area contributed by atoms with E-state index in [0.717, 1.165) is 16.7 Å². The van der Waals surface area contributed by atoms with Crippen LogP contribution in [0.15, 0.2) is 54.6 Å². The molecule has 0 aliphatic rings. The topological polar surface area (TPSA) is 20.2 Å². The van der Waals surface area contributed by atoms with Gasteiger partial charge in [-0.25, -0.2) is 0 Å². The molecule has 0 amide bonds. The van der Waals surface area contributed by atoms with E-state index in [2.05, 4.69) is 0 Å². The van der Waals surface area contributed by atoms with Gasteiger partial charge in [-0.2, -0.15) is 0 Å². The van der Waals surface area contributed by atoms with E-state index in [1.54, 1.807) is 0 Å². The van der Waals surface area contributed by atoms with Crippen molar-refractivity contribution in [2.75, 3.05) is 0 Å². The molecule has 1 nitrogen and oxygen atoms in total. The minimum absolute atomic E-state index is 0.638. The highest BCUT2D eigenvalue weighted by atomic mass is 16.3. The Morgan fingerprint density at radius 1 is 0.941 bits per heavy atom. The van der Waals surface area contributed by atoms with Crippen LogP contribution in [0.3, 0.4) is 0 Å². The lowest BCUT2D eigenvalue weighted by molar-refractivity contribution is 0.0570. The van der Waals surface area contributed by atoms with Crippen LogP contribution in [0, 0.1) is 6.92 Å². The Labute approximate surface area is 103 Å². The number of rotatable bonds is 3. The summed E-state index contributed by atoms with van der Waals surface area (Å²) in [5, 5.41) is 10.6. The predicted octanol–water partition coefficient (Wildman–Crippen LogP) is 3.45. The summed E-state index contributed by atoms with van der Waals surface area (Å²) in [6, 6.07) is 18.1. The zero-order valence-electron chi connectivity index (χ0n) is 10.4. The highest BCUT2D eigenvalue weighted by Crippen LogP contribution is 2.27. The smallest absolute Gasteiger partial charge is 0.0911 e. The van der Waals surface area contributed by atoms with Gasteiger partial charge in [0.1, 0.15) is 0 Å². The van der Waals surface area contributed by atoms with Crippen LogP contribution in [0.1, 0.15) is 23.6 Å². The van der Waals surface area contributed by atoms with Crippen molar-refractivity contribution >= 4 is 0 Å². The molecule has 1 heteroatoms. The quantitative estimate of drug-likeness (QED) is 0.850. The van der Waals surface area contributed by atoms with Gasteiger partial charge >= 0.3 is 0 Å². The SMILES string of the molecule is Cc1ccccc1C(C)(O)Cc1ccccc1. The lowest BCUT2D eigenvalue weighted by Crippen LogP contribution is -2.25. The maximum atomic E-state index is 10.6. The molecule has 0 radical (unpaired) electrons. The molecule has 0 saturated heterocycles. The Morgan fingerprint density at radius 3 is 2.18 bits per heavy atom. The van der Waals surface area contributed by atoms with E-state index in [-0.39, 0.29) is 0 Å². The van der Waals surface area contributed by atoms with Crippen molar-refractivity contribution in [2.24, 2.45) is 0 Å². The first-order valence-electron chi connectivity index (χ1n) is 5.92. The number of aryl methyl sites for hydroxylation is 1. The first-order chi connectivity index (χ1) is 8.09.